The zero-order valence-electron chi connectivity index (χ0n) is 9.28. The van der Waals surface area contributed by atoms with Gasteiger partial charge in [-0.2, -0.15) is 0 Å². The average Bonchev–Trinajstić information content (AvgIpc) is 2.36. The van der Waals surface area contributed by atoms with Crippen LogP contribution in [0.1, 0.15) is 15.9 Å². The molecular formula is C13H10Cl2N2O. The van der Waals surface area contributed by atoms with Gasteiger partial charge in [-0.1, -0.05) is 23.2 Å². The van der Waals surface area contributed by atoms with Crippen LogP contribution in [-0.2, 0) is 0 Å². The normalized spacial score (nSPS) is 10.3. The molecule has 4 N–H and O–H groups in total. The molecule has 0 spiro atoms. The second-order valence-corrected chi connectivity index (χ2v) is 4.60. The molecule has 0 aromatic heterocycles. The molecule has 0 aliphatic rings. The number of carbonyl (C=O) groups excluding carboxylic acids is 1. The number of ketones is 1. The summed E-state index contributed by atoms with van der Waals surface area (Å²) in [5.41, 5.74) is 12.7. The fourth-order valence-corrected chi connectivity index (χ4v) is 1.86. The third-order valence-electron chi connectivity index (χ3n) is 2.59. The number of anilines is 2. The lowest BCUT2D eigenvalue weighted by atomic mass is 10.0. The number of rotatable bonds is 2. The van der Waals surface area contributed by atoms with E-state index in [0.717, 1.165) is 0 Å². The van der Waals surface area contributed by atoms with Crippen LogP contribution in [0, 0.1) is 0 Å². The Balaban J connectivity index is 2.46. The summed E-state index contributed by atoms with van der Waals surface area (Å²) in [4.78, 5) is 12.2. The summed E-state index contributed by atoms with van der Waals surface area (Å²) in [5, 5.41) is 0.898. The van der Waals surface area contributed by atoms with Crippen LogP contribution in [-0.4, -0.2) is 5.78 Å². The van der Waals surface area contributed by atoms with Gasteiger partial charge in [0.1, 0.15) is 0 Å². The molecule has 2 aromatic carbocycles. The Kier molecular flexibility index (Phi) is 3.45. The fraction of sp³-hybridized carbons (Fsp3) is 0. The highest BCUT2D eigenvalue weighted by Gasteiger charge is 2.15. The van der Waals surface area contributed by atoms with Gasteiger partial charge in [-0.3, -0.25) is 4.79 Å². The van der Waals surface area contributed by atoms with E-state index in [0.29, 0.717) is 21.2 Å². The van der Waals surface area contributed by atoms with Gasteiger partial charge < -0.3 is 11.5 Å². The monoisotopic (exact) mass is 280 g/mol. The van der Waals surface area contributed by atoms with Crippen molar-refractivity contribution in [2.24, 2.45) is 0 Å². The Bertz CT molecular complexity index is 609. The molecule has 0 aliphatic heterocycles. The van der Waals surface area contributed by atoms with E-state index in [-0.39, 0.29) is 17.2 Å². The summed E-state index contributed by atoms with van der Waals surface area (Å²) in [6.07, 6.45) is 0. The number of nitrogens with two attached hydrogens (primary N) is 2. The zero-order chi connectivity index (χ0) is 13.3. The standard InChI is InChI=1S/C13H10Cl2N2O/c14-8-3-1-7(2-4-8)13(18)9-5-6-10(15)12(17)11(9)16/h1-6H,16-17H2. The average molecular weight is 281 g/mol. The van der Waals surface area contributed by atoms with E-state index in [1.807, 2.05) is 0 Å². The molecule has 0 aliphatic carbocycles. The van der Waals surface area contributed by atoms with Gasteiger partial charge in [0.05, 0.1) is 16.4 Å². The SMILES string of the molecule is Nc1c(Cl)ccc(C(=O)c2ccc(Cl)cc2)c1N. The summed E-state index contributed by atoms with van der Waals surface area (Å²) in [6.45, 7) is 0. The second kappa shape index (κ2) is 4.88. The van der Waals surface area contributed by atoms with Gasteiger partial charge in [0, 0.05) is 16.1 Å². The van der Waals surface area contributed by atoms with Crippen molar-refractivity contribution in [1.82, 2.24) is 0 Å². The molecule has 0 bridgehead atoms. The van der Waals surface area contributed by atoms with Crippen LogP contribution in [0.5, 0.6) is 0 Å². The van der Waals surface area contributed by atoms with E-state index in [1.165, 1.54) is 0 Å². The Morgan fingerprint density at radius 2 is 1.50 bits per heavy atom. The van der Waals surface area contributed by atoms with E-state index in [1.54, 1.807) is 36.4 Å². The Morgan fingerprint density at radius 1 is 0.889 bits per heavy atom. The fourth-order valence-electron chi connectivity index (χ4n) is 1.56. The molecular weight excluding hydrogens is 271 g/mol. The Labute approximate surface area is 114 Å². The summed E-state index contributed by atoms with van der Waals surface area (Å²) < 4.78 is 0. The molecule has 0 saturated carbocycles. The van der Waals surface area contributed by atoms with Crippen molar-refractivity contribution in [3.8, 4) is 0 Å². The van der Waals surface area contributed by atoms with Gasteiger partial charge in [-0.05, 0) is 36.4 Å². The third-order valence-corrected chi connectivity index (χ3v) is 3.17. The molecule has 0 radical (unpaired) electrons. The molecule has 2 rings (SSSR count). The van der Waals surface area contributed by atoms with Crippen LogP contribution in [0.25, 0.3) is 0 Å². The van der Waals surface area contributed by atoms with Crippen molar-refractivity contribution < 1.29 is 4.79 Å². The van der Waals surface area contributed by atoms with Gasteiger partial charge in [0.15, 0.2) is 5.78 Å². The highest BCUT2D eigenvalue weighted by atomic mass is 35.5. The number of benzene rings is 2. The first-order valence-corrected chi connectivity index (χ1v) is 5.90. The number of hydrogen-bond donors (Lipinski definition) is 2. The maximum Gasteiger partial charge on any atom is 0.195 e. The molecule has 0 atom stereocenters. The van der Waals surface area contributed by atoms with Gasteiger partial charge in [-0.25, -0.2) is 0 Å². The lowest BCUT2D eigenvalue weighted by molar-refractivity contribution is 0.103. The smallest absolute Gasteiger partial charge is 0.195 e. The van der Waals surface area contributed by atoms with Crippen molar-refractivity contribution in [2.75, 3.05) is 11.5 Å². The van der Waals surface area contributed by atoms with Crippen molar-refractivity contribution in [3.63, 3.8) is 0 Å². The molecule has 0 unspecified atom stereocenters. The molecule has 0 heterocycles. The first kappa shape index (κ1) is 12.7. The maximum atomic E-state index is 12.2. The molecule has 0 saturated heterocycles. The first-order chi connectivity index (χ1) is 8.50. The Hall–Kier alpha value is -1.71. The lowest BCUT2D eigenvalue weighted by Gasteiger charge is -2.08. The van der Waals surface area contributed by atoms with Gasteiger partial charge >= 0.3 is 0 Å². The second-order valence-electron chi connectivity index (χ2n) is 3.76. The predicted molar refractivity (Wildman–Crippen MR) is 75.2 cm³/mol. The van der Waals surface area contributed by atoms with Gasteiger partial charge in [0.25, 0.3) is 0 Å². The summed E-state index contributed by atoms with van der Waals surface area (Å²) in [6, 6.07) is 9.67. The predicted octanol–water partition coefficient (Wildman–Crippen LogP) is 3.39. The highest BCUT2D eigenvalue weighted by Crippen LogP contribution is 2.29. The van der Waals surface area contributed by atoms with Gasteiger partial charge in [-0.15, -0.1) is 0 Å². The number of hydrogen-bond acceptors (Lipinski definition) is 3. The van der Waals surface area contributed by atoms with E-state index in [4.69, 9.17) is 34.7 Å². The topological polar surface area (TPSA) is 69.1 Å². The van der Waals surface area contributed by atoms with E-state index in [2.05, 4.69) is 0 Å². The van der Waals surface area contributed by atoms with Crippen LogP contribution < -0.4 is 11.5 Å². The molecule has 5 heteroatoms. The summed E-state index contributed by atoms with van der Waals surface area (Å²) in [7, 11) is 0. The van der Waals surface area contributed by atoms with E-state index >= 15 is 0 Å². The molecule has 2 aromatic rings. The van der Waals surface area contributed by atoms with Crippen LogP contribution in [0.3, 0.4) is 0 Å². The number of carbonyl (C=O) groups is 1. The molecule has 0 amide bonds. The minimum absolute atomic E-state index is 0.197. The minimum Gasteiger partial charge on any atom is -0.396 e. The summed E-state index contributed by atoms with van der Waals surface area (Å²) >= 11 is 11.6. The number of halogens is 2. The number of nitrogen functional groups attached to an aromatic ring is 2. The zero-order valence-corrected chi connectivity index (χ0v) is 10.8. The van der Waals surface area contributed by atoms with Crippen LogP contribution in [0.2, 0.25) is 10.0 Å². The molecule has 0 fully saturated rings. The minimum atomic E-state index is -0.215. The van der Waals surface area contributed by atoms with Crippen molar-refractivity contribution >= 4 is 40.4 Å². The van der Waals surface area contributed by atoms with Crippen molar-refractivity contribution in [1.29, 1.82) is 0 Å². The van der Waals surface area contributed by atoms with E-state index in [9.17, 15) is 4.79 Å². The Morgan fingerprint density at radius 3 is 2.11 bits per heavy atom. The maximum absolute atomic E-state index is 12.2. The first-order valence-electron chi connectivity index (χ1n) is 5.14. The van der Waals surface area contributed by atoms with Crippen LogP contribution >= 0.6 is 23.2 Å². The van der Waals surface area contributed by atoms with Crippen molar-refractivity contribution in [2.45, 2.75) is 0 Å². The van der Waals surface area contributed by atoms with Crippen molar-refractivity contribution in [3.05, 3.63) is 57.6 Å². The largest absolute Gasteiger partial charge is 0.396 e. The van der Waals surface area contributed by atoms with E-state index < -0.39 is 0 Å². The highest BCUT2D eigenvalue weighted by molar-refractivity contribution is 6.34. The van der Waals surface area contributed by atoms with Crippen LogP contribution in [0.4, 0.5) is 11.4 Å². The molecule has 3 nitrogen and oxygen atoms in total. The van der Waals surface area contributed by atoms with Gasteiger partial charge in [0.2, 0.25) is 0 Å². The third kappa shape index (κ3) is 2.28. The quantitative estimate of drug-likeness (QED) is 0.654. The van der Waals surface area contributed by atoms with Crippen LogP contribution in [0.15, 0.2) is 36.4 Å². The summed E-state index contributed by atoms with van der Waals surface area (Å²) in [5.74, 6) is -0.215. The lowest BCUT2D eigenvalue weighted by Crippen LogP contribution is -2.07. The molecule has 92 valence electrons. The molecule has 18 heavy (non-hydrogen) atoms.